The van der Waals surface area contributed by atoms with Crippen LogP contribution in [0.1, 0.15) is 17.5 Å². The summed E-state index contributed by atoms with van der Waals surface area (Å²) in [5, 5.41) is 0. The lowest BCUT2D eigenvalue weighted by Crippen LogP contribution is -2.14. The van der Waals surface area contributed by atoms with Gasteiger partial charge in [0.2, 0.25) is 0 Å². The molecule has 2 heteroatoms. The molecule has 2 aromatic rings. The molecule has 2 aromatic carbocycles. The van der Waals surface area contributed by atoms with Crippen LogP contribution in [0, 0.1) is 0 Å². The van der Waals surface area contributed by atoms with Crippen LogP contribution < -0.4 is 0 Å². The van der Waals surface area contributed by atoms with E-state index < -0.39 is 0 Å². The van der Waals surface area contributed by atoms with E-state index in [-0.39, 0.29) is 12.2 Å². The molecule has 3 rings (SSSR count). The van der Waals surface area contributed by atoms with Gasteiger partial charge in [-0.05, 0) is 11.1 Å². The zero-order chi connectivity index (χ0) is 14.3. The van der Waals surface area contributed by atoms with Crippen molar-refractivity contribution in [3.8, 4) is 0 Å². The predicted molar refractivity (Wildman–Crippen MR) is 83.8 cm³/mol. The van der Waals surface area contributed by atoms with Gasteiger partial charge >= 0.3 is 0 Å². The molecule has 0 saturated heterocycles. The van der Waals surface area contributed by atoms with Gasteiger partial charge in [0.1, 0.15) is 0 Å². The Morgan fingerprint density at radius 1 is 0.667 bits per heavy atom. The molecule has 0 bridgehead atoms. The maximum atomic E-state index is 5.90. The molecule has 0 heterocycles. The van der Waals surface area contributed by atoms with Gasteiger partial charge in [-0.3, -0.25) is 0 Å². The maximum absolute atomic E-state index is 5.90. The summed E-state index contributed by atoms with van der Waals surface area (Å²) >= 11 is 0. The second-order valence-corrected chi connectivity index (χ2v) is 5.29. The first-order chi connectivity index (χ1) is 10.4. The third kappa shape index (κ3) is 4.28. The summed E-state index contributed by atoms with van der Waals surface area (Å²) in [6.07, 6.45) is 5.44. The summed E-state index contributed by atoms with van der Waals surface area (Å²) in [7, 11) is 0. The quantitative estimate of drug-likeness (QED) is 0.741. The first kappa shape index (κ1) is 14.1. The van der Waals surface area contributed by atoms with Crippen molar-refractivity contribution in [3.63, 3.8) is 0 Å². The van der Waals surface area contributed by atoms with Gasteiger partial charge in [0.05, 0.1) is 25.4 Å². The lowest BCUT2D eigenvalue weighted by atomic mass is 10.2. The van der Waals surface area contributed by atoms with Crippen LogP contribution >= 0.6 is 0 Å². The summed E-state index contributed by atoms with van der Waals surface area (Å²) < 4.78 is 11.8. The highest BCUT2D eigenvalue weighted by molar-refractivity contribution is 5.15. The Bertz CT molecular complexity index is 511. The maximum Gasteiger partial charge on any atom is 0.0789 e. The summed E-state index contributed by atoms with van der Waals surface area (Å²) in [6, 6.07) is 20.5. The molecule has 0 aliphatic heterocycles. The van der Waals surface area contributed by atoms with Gasteiger partial charge in [-0.25, -0.2) is 0 Å². The molecule has 0 saturated carbocycles. The Hall–Kier alpha value is -1.90. The van der Waals surface area contributed by atoms with Crippen LogP contribution in [0.15, 0.2) is 72.8 Å². The molecule has 108 valence electrons. The summed E-state index contributed by atoms with van der Waals surface area (Å²) in [5.74, 6) is 0. The highest BCUT2D eigenvalue weighted by Gasteiger charge is 2.19. The zero-order valence-electron chi connectivity index (χ0n) is 12.0. The minimum atomic E-state index is 0.158. The monoisotopic (exact) mass is 280 g/mol. The molecule has 2 nitrogen and oxygen atoms in total. The van der Waals surface area contributed by atoms with Gasteiger partial charge in [-0.15, -0.1) is 0 Å². The fraction of sp³-hybridized carbons (Fsp3) is 0.263. The fourth-order valence-electron chi connectivity index (χ4n) is 2.44. The smallest absolute Gasteiger partial charge is 0.0789 e. The van der Waals surface area contributed by atoms with Crippen molar-refractivity contribution in [3.05, 3.63) is 83.9 Å². The molecule has 0 radical (unpaired) electrons. The Morgan fingerprint density at radius 3 is 1.52 bits per heavy atom. The third-order valence-corrected chi connectivity index (χ3v) is 3.62. The lowest BCUT2D eigenvalue weighted by molar-refractivity contribution is 0.0199. The minimum Gasteiger partial charge on any atom is -0.369 e. The van der Waals surface area contributed by atoms with Crippen LogP contribution in [-0.2, 0) is 22.7 Å². The number of benzene rings is 2. The molecule has 0 spiro atoms. The minimum absolute atomic E-state index is 0.158. The van der Waals surface area contributed by atoms with Crippen molar-refractivity contribution in [2.24, 2.45) is 0 Å². The van der Waals surface area contributed by atoms with E-state index in [0.29, 0.717) is 13.2 Å². The molecule has 2 atom stereocenters. The SMILES string of the molecule is C1=C[C@H](OCc2ccccc2)C[C@H]1OCc1ccccc1. The first-order valence-corrected chi connectivity index (χ1v) is 7.39. The summed E-state index contributed by atoms with van der Waals surface area (Å²) in [5.41, 5.74) is 2.42. The van der Waals surface area contributed by atoms with Gasteiger partial charge in [-0.1, -0.05) is 72.8 Å². The summed E-state index contributed by atoms with van der Waals surface area (Å²) in [4.78, 5) is 0. The van der Waals surface area contributed by atoms with Crippen LogP contribution in [0.5, 0.6) is 0 Å². The number of hydrogen-bond donors (Lipinski definition) is 0. The van der Waals surface area contributed by atoms with Crippen molar-refractivity contribution < 1.29 is 9.47 Å². The zero-order valence-corrected chi connectivity index (χ0v) is 12.0. The average Bonchev–Trinajstić information content (AvgIpc) is 3.01. The molecule has 1 aliphatic rings. The van der Waals surface area contributed by atoms with Crippen molar-refractivity contribution >= 4 is 0 Å². The number of rotatable bonds is 6. The normalized spacial score (nSPS) is 20.8. The van der Waals surface area contributed by atoms with Crippen molar-refractivity contribution in [1.82, 2.24) is 0 Å². The molecule has 0 N–H and O–H groups in total. The van der Waals surface area contributed by atoms with Crippen LogP contribution in [0.2, 0.25) is 0 Å². The highest BCUT2D eigenvalue weighted by Crippen LogP contribution is 2.19. The predicted octanol–water partition coefficient (Wildman–Crippen LogP) is 4.12. The lowest BCUT2D eigenvalue weighted by Gasteiger charge is -2.14. The second-order valence-electron chi connectivity index (χ2n) is 5.29. The molecule has 21 heavy (non-hydrogen) atoms. The van der Waals surface area contributed by atoms with E-state index >= 15 is 0 Å². The Kier molecular flexibility index (Phi) is 4.82. The second kappa shape index (κ2) is 7.21. The number of ether oxygens (including phenoxy) is 2. The van der Waals surface area contributed by atoms with Crippen LogP contribution in [0.25, 0.3) is 0 Å². The molecule has 0 aromatic heterocycles. The van der Waals surface area contributed by atoms with E-state index in [1.165, 1.54) is 11.1 Å². The topological polar surface area (TPSA) is 18.5 Å². The first-order valence-electron chi connectivity index (χ1n) is 7.39. The third-order valence-electron chi connectivity index (χ3n) is 3.62. The van der Waals surface area contributed by atoms with Gasteiger partial charge < -0.3 is 9.47 Å². The van der Waals surface area contributed by atoms with E-state index in [2.05, 4.69) is 36.4 Å². The van der Waals surface area contributed by atoms with Crippen molar-refractivity contribution in [2.45, 2.75) is 31.8 Å². The molecule has 0 unspecified atom stereocenters. The number of hydrogen-bond acceptors (Lipinski definition) is 2. The molecular formula is C19H20O2. The van der Waals surface area contributed by atoms with Crippen LogP contribution in [0.4, 0.5) is 0 Å². The van der Waals surface area contributed by atoms with E-state index in [1.807, 2.05) is 36.4 Å². The van der Waals surface area contributed by atoms with Crippen molar-refractivity contribution in [1.29, 1.82) is 0 Å². The van der Waals surface area contributed by atoms with Gasteiger partial charge in [-0.2, -0.15) is 0 Å². The van der Waals surface area contributed by atoms with E-state index in [0.717, 1.165) is 6.42 Å². The highest BCUT2D eigenvalue weighted by atomic mass is 16.5. The Balaban J connectivity index is 1.41. The van der Waals surface area contributed by atoms with Crippen LogP contribution in [0.3, 0.4) is 0 Å². The van der Waals surface area contributed by atoms with Crippen LogP contribution in [-0.4, -0.2) is 12.2 Å². The molecular weight excluding hydrogens is 260 g/mol. The average molecular weight is 280 g/mol. The van der Waals surface area contributed by atoms with E-state index in [9.17, 15) is 0 Å². The molecule has 0 amide bonds. The standard InChI is InChI=1S/C19H20O2/c1-3-7-16(8-4-1)14-20-18-11-12-19(13-18)21-15-17-9-5-2-6-10-17/h1-12,18-19H,13-15H2/t18-,19-/m0/s1. The van der Waals surface area contributed by atoms with E-state index in [1.54, 1.807) is 0 Å². The van der Waals surface area contributed by atoms with Gasteiger partial charge in [0, 0.05) is 6.42 Å². The summed E-state index contributed by atoms with van der Waals surface area (Å²) in [6.45, 7) is 1.31. The van der Waals surface area contributed by atoms with Crippen molar-refractivity contribution in [2.75, 3.05) is 0 Å². The Labute approximate surface area is 126 Å². The van der Waals surface area contributed by atoms with Gasteiger partial charge in [0.25, 0.3) is 0 Å². The Morgan fingerprint density at radius 2 is 1.10 bits per heavy atom. The molecule has 0 fully saturated rings. The fourth-order valence-corrected chi connectivity index (χ4v) is 2.44. The van der Waals surface area contributed by atoms with E-state index in [4.69, 9.17) is 9.47 Å². The van der Waals surface area contributed by atoms with Gasteiger partial charge in [0.15, 0.2) is 0 Å². The largest absolute Gasteiger partial charge is 0.369 e. The molecule has 1 aliphatic carbocycles.